The molecule has 0 atom stereocenters. The fourth-order valence-corrected chi connectivity index (χ4v) is 1.71. The zero-order valence-corrected chi connectivity index (χ0v) is 10.5. The summed E-state index contributed by atoms with van der Waals surface area (Å²) in [5.74, 6) is 0.674. The van der Waals surface area contributed by atoms with Gasteiger partial charge in [0.05, 0.1) is 12.6 Å². The number of methoxy groups -OCH3 is 1. The van der Waals surface area contributed by atoms with Crippen LogP contribution in [0.4, 0.5) is 5.69 Å². The Kier molecular flexibility index (Phi) is 4.37. The molecule has 0 aliphatic heterocycles. The highest BCUT2D eigenvalue weighted by Crippen LogP contribution is 2.30. The second-order valence-corrected chi connectivity index (χ2v) is 4.19. The maximum atomic E-state index is 11.8. The SMILES string of the molecule is COc1ccc(NC(=O)C2(N)CCC2)cc1.Cl. The van der Waals surface area contributed by atoms with E-state index in [2.05, 4.69) is 5.32 Å². The van der Waals surface area contributed by atoms with Crippen molar-refractivity contribution in [3.05, 3.63) is 24.3 Å². The number of hydrogen-bond donors (Lipinski definition) is 2. The van der Waals surface area contributed by atoms with Crippen LogP contribution < -0.4 is 15.8 Å². The van der Waals surface area contributed by atoms with E-state index >= 15 is 0 Å². The highest BCUT2D eigenvalue weighted by atomic mass is 35.5. The lowest BCUT2D eigenvalue weighted by Crippen LogP contribution is -2.56. The Morgan fingerprint density at radius 3 is 2.35 bits per heavy atom. The van der Waals surface area contributed by atoms with Crippen molar-refractivity contribution < 1.29 is 9.53 Å². The van der Waals surface area contributed by atoms with Gasteiger partial charge in [0, 0.05) is 5.69 Å². The van der Waals surface area contributed by atoms with Crippen LogP contribution >= 0.6 is 12.4 Å². The van der Waals surface area contributed by atoms with Gasteiger partial charge in [-0.1, -0.05) is 0 Å². The molecule has 3 N–H and O–H groups in total. The minimum absolute atomic E-state index is 0. The molecule has 0 spiro atoms. The number of anilines is 1. The maximum Gasteiger partial charge on any atom is 0.244 e. The molecule has 0 radical (unpaired) electrons. The molecule has 1 saturated carbocycles. The molecular formula is C12H17ClN2O2. The fourth-order valence-electron chi connectivity index (χ4n) is 1.71. The average Bonchev–Trinajstić information content (AvgIpc) is 2.27. The van der Waals surface area contributed by atoms with Crippen molar-refractivity contribution in [3.8, 4) is 5.75 Å². The van der Waals surface area contributed by atoms with Crippen molar-refractivity contribution in [3.63, 3.8) is 0 Å². The third kappa shape index (κ3) is 2.90. The Balaban J connectivity index is 0.00000144. The van der Waals surface area contributed by atoms with Crippen LogP contribution in [0.15, 0.2) is 24.3 Å². The minimum atomic E-state index is -0.653. The average molecular weight is 257 g/mol. The summed E-state index contributed by atoms with van der Waals surface area (Å²) in [7, 11) is 1.61. The molecule has 0 saturated heterocycles. The van der Waals surface area contributed by atoms with Gasteiger partial charge in [0.25, 0.3) is 0 Å². The van der Waals surface area contributed by atoms with Crippen molar-refractivity contribution in [1.29, 1.82) is 0 Å². The van der Waals surface area contributed by atoms with E-state index < -0.39 is 5.54 Å². The van der Waals surface area contributed by atoms with Gasteiger partial charge in [-0.3, -0.25) is 4.79 Å². The summed E-state index contributed by atoms with van der Waals surface area (Å²) in [5, 5.41) is 2.82. The van der Waals surface area contributed by atoms with Gasteiger partial charge in [0.1, 0.15) is 5.75 Å². The van der Waals surface area contributed by atoms with Gasteiger partial charge in [-0.15, -0.1) is 12.4 Å². The highest BCUT2D eigenvalue weighted by molar-refractivity contribution is 5.98. The lowest BCUT2D eigenvalue weighted by Gasteiger charge is -2.36. The molecule has 1 aliphatic rings. The van der Waals surface area contributed by atoms with E-state index in [1.54, 1.807) is 31.4 Å². The van der Waals surface area contributed by atoms with Crippen LogP contribution in [0, 0.1) is 0 Å². The monoisotopic (exact) mass is 256 g/mol. The van der Waals surface area contributed by atoms with E-state index in [0.29, 0.717) is 0 Å². The number of amides is 1. The fraction of sp³-hybridized carbons (Fsp3) is 0.417. The zero-order valence-electron chi connectivity index (χ0n) is 9.73. The van der Waals surface area contributed by atoms with Gasteiger partial charge in [0.2, 0.25) is 5.91 Å². The summed E-state index contributed by atoms with van der Waals surface area (Å²) in [5.41, 5.74) is 6.01. The number of benzene rings is 1. The zero-order chi connectivity index (χ0) is 11.6. The minimum Gasteiger partial charge on any atom is -0.497 e. The van der Waals surface area contributed by atoms with E-state index in [-0.39, 0.29) is 18.3 Å². The number of carbonyl (C=O) groups excluding carboxylic acids is 1. The molecule has 1 fully saturated rings. The number of hydrogen-bond acceptors (Lipinski definition) is 3. The first kappa shape index (κ1) is 13.8. The van der Waals surface area contributed by atoms with Crippen molar-refractivity contribution in [2.24, 2.45) is 5.73 Å². The Labute approximate surface area is 107 Å². The number of ether oxygens (including phenoxy) is 1. The first-order valence-corrected chi connectivity index (χ1v) is 5.38. The number of nitrogens with one attached hydrogen (secondary N) is 1. The third-order valence-electron chi connectivity index (χ3n) is 3.05. The van der Waals surface area contributed by atoms with Gasteiger partial charge in [-0.25, -0.2) is 0 Å². The van der Waals surface area contributed by atoms with Crippen LogP contribution in [-0.2, 0) is 4.79 Å². The summed E-state index contributed by atoms with van der Waals surface area (Å²) in [4.78, 5) is 11.8. The van der Waals surface area contributed by atoms with E-state index in [0.717, 1.165) is 30.7 Å². The molecule has 94 valence electrons. The second kappa shape index (κ2) is 5.38. The molecule has 4 nitrogen and oxygen atoms in total. The van der Waals surface area contributed by atoms with Gasteiger partial charge in [-0.2, -0.15) is 0 Å². The van der Waals surface area contributed by atoms with Crippen LogP contribution in [0.3, 0.4) is 0 Å². The molecule has 0 aromatic heterocycles. The summed E-state index contributed by atoms with van der Waals surface area (Å²) >= 11 is 0. The van der Waals surface area contributed by atoms with Crippen LogP contribution in [-0.4, -0.2) is 18.6 Å². The van der Waals surface area contributed by atoms with Gasteiger partial charge >= 0.3 is 0 Å². The predicted molar refractivity (Wildman–Crippen MR) is 69.6 cm³/mol. The molecule has 1 aromatic rings. The van der Waals surface area contributed by atoms with Crippen molar-refractivity contribution in [2.45, 2.75) is 24.8 Å². The van der Waals surface area contributed by atoms with Crippen LogP contribution in [0.5, 0.6) is 5.75 Å². The molecule has 1 amide bonds. The van der Waals surface area contributed by atoms with Crippen LogP contribution in [0.1, 0.15) is 19.3 Å². The first-order chi connectivity index (χ1) is 7.64. The smallest absolute Gasteiger partial charge is 0.244 e. The molecular weight excluding hydrogens is 240 g/mol. The topological polar surface area (TPSA) is 64.3 Å². The van der Waals surface area contributed by atoms with E-state index in [1.807, 2.05) is 0 Å². The first-order valence-electron chi connectivity index (χ1n) is 5.38. The number of carbonyl (C=O) groups is 1. The normalized spacial score (nSPS) is 16.4. The lowest BCUT2D eigenvalue weighted by molar-refractivity contribution is -0.123. The molecule has 17 heavy (non-hydrogen) atoms. The van der Waals surface area contributed by atoms with Crippen LogP contribution in [0.2, 0.25) is 0 Å². The number of nitrogens with two attached hydrogens (primary N) is 1. The Morgan fingerprint density at radius 1 is 1.35 bits per heavy atom. The largest absolute Gasteiger partial charge is 0.497 e. The van der Waals surface area contributed by atoms with Crippen molar-refractivity contribution in [2.75, 3.05) is 12.4 Å². The van der Waals surface area contributed by atoms with E-state index in [4.69, 9.17) is 10.5 Å². The maximum absolute atomic E-state index is 11.8. The Morgan fingerprint density at radius 2 is 1.94 bits per heavy atom. The van der Waals surface area contributed by atoms with E-state index in [1.165, 1.54) is 0 Å². The third-order valence-corrected chi connectivity index (χ3v) is 3.05. The lowest BCUT2D eigenvalue weighted by atomic mass is 9.77. The molecule has 0 unspecified atom stereocenters. The van der Waals surface area contributed by atoms with Crippen molar-refractivity contribution >= 4 is 24.0 Å². The second-order valence-electron chi connectivity index (χ2n) is 4.19. The van der Waals surface area contributed by atoms with Gasteiger partial charge in [-0.05, 0) is 43.5 Å². The van der Waals surface area contributed by atoms with Crippen LogP contribution in [0.25, 0.3) is 0 Å². The Hall–Kier alpha value is -1.26. The molecule has 0 heterocycles. The summed E-state index contributed by atoms with van der Waals surface area (Å²) in [6.07, 6.45) is 2.58. The molecule has 1 aromatic carbocycles. The van der Waals surface area contributed by atoms with E-state index in [9.17, 15) is 4.79 Å². The predicted octanol–water partition coefficient (Wildman–Crippen LogP) is 1.94. The molecule has 1 aliphatic carbocycles. The standard InChI is InChI=1S/C12H16N2O2.ClH/c1-16-10-5-3-9(4-6-10)14-11(15)12(13)7-2-8-12;/h3-6H,2,7-8,13H2,1H3,(H,14,15);1H. The van der Waals surface area contributed by atoms with Crippen molar-refractivity contribution in [1.82, 2.24) is 0 Å². The van der Waals surface area contributed by atoms with Gasteiger partial charge < -0.3 is 15.8 Å². The molecule has 5 heteroatoms. The summed E-state index contributed by atoms with van der Waals surface area (Å²) < 4.78 is 5.04. The Bertz CT molecular complexity index is 388. The highest BCUT2D eigenvalue weighted by Gasteiger charge is 2.40. The number of halogens is 1. The molecule has 2 rings (SSSR count). The number of rotatable bonds is 3. The summed E-state index contributed by atoms with van der Waals surface area (Å²) in [6, 6.07) is 7.22. The molecule has 0 bridgehead atoms. The quantitative estimate of drug-likeness (QED) is 0.869. The summed E-state index contributed by atoms with van der Waals surface area (Å²) in [6.45, 7) is 0. The van der Waals surface area contributed by atoms with Gasteiger partial charge in [0.15, 0.2) is 0 Å².